The van der Waals surface area contributed by atoms with Crippen molar-refractivity contribution in [3.63, 3.8) is 0 Å². The van der Waals surface area contributed by atoms with Gasteiger partial charge in [-0.25, -0.2) is 13.1 Å². The fourth-order valence-electron chi connectivity index (χ4n) is 2.15. The van der Waals surface area contributed by atoms with Crippen LogP contribution in [0.2, 0.25) is 5.02 Å². The third kappa shape index (κ3) is 4.00. The third-order valence-electron chi connectivity index (χ3n) is 3.37. The number of nitrogens with one attached hydrogen (secondary N) is 1. The minimum atomic E-state index is -3.55. The Hall–Kier alpha value is -2.22. The Morgan fingerprint density at radius 1 is 1.04 bits per heavy atom. The molecule has 0 aliphatic rings. The maximum Gasteiger partial charge on any atom is 0.240 e. The highest BCUT2D eigenvalue weighted by atomic mass is 35.5. The molecule has 8 heteroatoms. The molecule has 0 bridgehead atoms. The van der Waals surface area contributed by atoms with Gasteiger partial charge in [-0.2, -0.15) is 5.10 Å². The van der Waals surface area contributed by atoms with Crippen LogP contribution in [-0.2, 0) is 16.6 Å². The SMILES string of the molecule is O=S(=O)(NCCn1ccc(-c2ccncc2)n1)c1ccc(Cl)cc1. The van der Waals surface area contributed by atoms with Crippen molar-refractivity contribution in [2.75, 3.05) is 6.54 Å². The molecule has 6 nitrogen and oxygen atoms in total. The summed E-state index contributed by atoms with van der Waals surface area (Å²) in [5.41, 5.74) is 1.78. The van der Waals surface area contributed by atoms with Crippen molar-refractivity contribution in [3.05, 3.63) is 66.1 Å². The summed E-state index contributed by atoms with van der Waals surface area (Å²) in [5, 5.41) is 4.92. The molecule has 1 N–H and O–H groups in total. The van der Waals surface area contributed by atoms with Crippen molar-refractivity contribution < 1.29 is 8.42 Å². The van der Waals surface area contributed by atoms with Gasteiger partial charge in [0.25, 0.3) is 0 Å². The number of pyridine rings is 1. The average Bonchev–Trinajstić information content (AvgIpc) is 3.05. The van der Waals surface area contributed by atoms with Crippen molar-refractivity contribution in [3.8, 4) is 11.3 Å². The Bertz CT molecular complexity index is 909. The molecule has 124 valence electrons. The number of sulfonamides is 1. The van der Waals surface area contributed by atoms with Crippen LogP contribution < -0.4 is 4.72 Å². The van der Waals surface area contributed by atoms with Crippen molar-refractivity contribution in [1.29, 1.82) is 0 Å². The molecule has 2 aromatic heterocycles. The highest BCUT2D eigenvalue weighted by Gasteiger charge is 2.13. The highest BCUT2D eigenvalue weighted by molar-refractivity contribution is 7.89. The van der Waals surface area contributed by atoms with Crippen LogP contribution in [-0.4, -0.2) is 29.7 Å². The minimum Gasteiger partial charge on any atom is -0.271 e. The quantitative estimate of drug-likeness (QED) is 0.731. The second-order valence-corrected chi connectivity index (χ2v) is 7.26. The van der Waals surface area contributed by atoms with Crippen LogP contribution in [0.25, 0.3) is 11.3 Å². The van der Waals surface area contributed by atoms with Crippen LogP contribution >= 0.6 is 11.6 Å². The van der Waals surface area contributed by atoms with E-state index in [4.69, 9.17) is 11.6 Å². The van der Waals surface area contributed by atoms with Crippen molar-refractivity contribution in [1.82, 2.24) is 19.5 Å². The molecule has 24 heavy (non-hydrogen) atoms. The molecule has 0 amide bonds. The van der Waals surface area contributed by atoms with Crippen LogP contribution in [0.15, 0.2) is 66.0 Å². The van der Waals surface area contributed by atoms with Gasteiger partial charge in [0.2, 0.25) is 10.0 Å². The van der Waals surface area contributed by atoms with Crippen LogP contribution in [0, 0.1) is 0 Å². The van der Waals surface area contributed by atoms with E-state index in [-0.39, 0.29) is 11.4 Å². The number of benzene rings is 1. The normalized spacial score (nSPS) is 11.5. The Morgan fingerprint density at radius 3 is 2.46 bits per heavy atom. The lowest BCUT2D eigenvalue weighted by Gasteiger charge is -2.07. The fraction of sp³-hybridized carbons (Fsp3) is 0.125. The van der Waals surface area contributed by atoms with Crippen LogP contribution in [0.3, 0.4) is 0 Å². The van der Waals surface area contributed by atoms with Crippen LogP contribution in [0.1, 0.15) is 0 Å². The van der Waals surface area contributed by atoms with Gasteiger partial charge in [-0.1, -0.05) is 11.6 Å². The minimum absolute atomic E-state index is 0.185. The van der Waals surface area contributed by atoms with E-state index in [9.17, 15) is 8.42 Å². The molecule has 0 atom stereocenters. The molecular weight excluding hydrogens is 348 g/mol. The number of hydrogen-bond acceptors (Lipinski definition) is 4. The predicted octanol–water partition coefficient (Wildman–Crippen LogP) is 2.58. The molecule has 3 rings (SSSR count). The first kappa shape index (κ1) is 16.6. The highest BCUT2D eigenvalue weighted by Crippen LogP contribution is 2.15. The van der Waals surface area contributed by atoms with E-state index in [1.54, 1.807) is 29.2 Å². The zero-order valence-corrected chi connectivity index (χ0v) is 14.2. The molecule has 0 fully saturated rings. The summed E-state index contributed by atoms with van der Waals surface area (Å²) in [7, 11) is -3.55. The number of hydrogen-bond donors (Lipinski definition) is 1. The molecule has 0 aliphatic carbocycles. The Balaban J connectivity index is 1.60. The summed E-state index contributed by atoms with van der Waals surface area (Å²) >= 11 is 5.77. The van der Waals surface area contributed by atoms with E-state index >= 15 is 0 Å². The maximum atomic E-state index is 12.2. The lowest BCUT2D eigenvalue weighted by Crippen LogP contribution is -2.27. The average molecular weight is 363 g/mol. The van der Waals surface area contributed by atoms with E-state index in [1.807, 2.05) is 24.4 Å². The smallest absolute Gasteiger partial charge is 0.240 e. The van der Waals surface area contributed by atoms with Gasteiger partial charge in [0.1, 0.15) is 0 Å². The molecule has 2 heterocycles. The van der Waals surface area contributed by atoms with E-state index < -0.39 is 10.0 Å². The molecule has 0 saturated heterocycles. The molecule has 0 radical (unpaired) electrons. The third-order valence-corrected chi connectivity index (χ3v) is 5.10. The molecule has 0 unspecified atom stereocenters. The molecule has 3 aromatic rings. The Labute approximate surface area is 145 Å². The lowest BCUT2D eigenvalue weighted by molar-refractivity contribution is 0.561. The van der Waals surface area contributed by atoms with E-state index in [0.29, 0.717) is 11.6 Å². The van der Waals surface area contributed by atoms with Crippen molar-refractivity contribution in [2.24, 2.45) is 0 Å². The van der Waals surface area contributed by atoms with E-state index in [2.05, 4.69) is 14.8 Å². The van der Waals surface area contributed by atoms with Crippen LogP contribution in [0.4, 0.5) is 0 Å². The summed E-state index contributed by atoms with van der Waals surface area (Å²) in [6, 6.07) is 11.7. The van der Waals surface area contributed by atoms with Gasteiger partial charge in [-0.05, 0) is 42.5 Å². The zero-order valence-electron chi connectivity index (χ0n) is 12.6. The van der Waals surface area contributed by atoms with Crippen molar-refractivity contribution >= 4 is 21.6 Å². The summed E-state index contributed by atoms with van der Waals surface area (Å²) in [6.07, 6.45) is 5.22. The Kier molecular flexibility index (Phi) is 4.94. The van der Waals surface area contributed by atoms with E-state index in [0.717, 1.165) is 11.3 Å². The van der Waals surface area contributed by atoms with Gasteiger partial charge >= 0.3 is 0 Å². The molecule has 0 saturated carbocycles. The molecular formula is C16H15ClN4O2S. The van der Waals surface area contributed by atoms with Gasteiger partial charge in [-0.15, -0.1) is 0 Å². The number of halogens is 1. The predicted molar refractivity (Wildman–Crippen MR) is 92.1 cm³/mol. The second kappa shape index (κ2) is 7.12. The van der Waals surface area contributed by atoms with Crippen molar-refractivity contribution in [2.45, 2.75) is 11.4 Å². The number of aromatic nitrogens is 3. The second-order valence-electron chi connectivity index (χ2n) is 5.05. The molecule has 0 aliphatic heterocycles. The van der Waals surface area contributed by atoms with Gasteiger partial charge in [-0.3, -0.25) is 9.67 Å². The maximum absolute atomic E-state index is 12.2. The summed E-state index contributed by atoms with van der Waals surface area (Å²) in [5.74, 6) is 0. The fourth-order valence-corrected chi connectivity index (χ4v) is 3.30. The first-order valence-electron chi connectivity index (χ1n) is 7.24. The molecule has 0 spiro atoms. The number of rotatable bonds is 6. The van der Waals surface area contributed by atoms with E-state index in [1.165, 1.54) is 12.1 Å². The van der Waals surface area contributed by atoms with Gasteiger partial charge < -0.3 is 0 Å². The van der Waals surface area contributed by atoms with Gasteiger partial charge in [0, 0.05) is 35.7 Å². The zero-order chi connectivity index (χ0) is 17.0. The monoisotopic (exact) mass is 362 g/mol. The first-order valence-corrected chi connectivity index (χ1v) is 9.10. The van der Waals surface area contributed by atoms with Gasteiger partial charge in [0.15, 0.2) is 0 Å². The number of nitrogens with zero attached hydrogens (tertiary/aromatic N) is 3. The summed E-state index contributed by atoms with van der Waals surface area (Å²) < 4.78 is 28.6. The standard InChI is InChI=1S/C16H15ClN4O2S/c17-14-1-3-15(4-2-14)24(22,23)19-10-12-21-11-7-16(20-21)13-5-8-18-9-6-13/h1-9,11,19H,10,12H2. The largest absolute Gasteiger partial charge is 0.271 e. The molecule has 1 aromatic carbocycles. The first-order chi connectivity index (χ1) is 11.5. The summed E-state index contributed by atoms with van der Waals surface area (Å²) in [4.78, 5) is 4.15. The Morgan fingerprint density at radius 2 is 1.75 bits per heavy atom. The van der Waals surface area contributed by atoms with Gasteiger partial charge in [0.05, 0.1) is 17.1 Å². The van der Waals surface area contributed by atoms with Crippen LogP contribution in [0.5, 0.6) is 0 Å². The summed E-state index contributed by atoms with van der Waals surface area (Å²) in [6.45, 7) is 0.667. The topological polar surface area (TPSA) is 76.9 Å². The lowest BCUT2D eigenvalue weighted by atomic mass is 10.2.